The second-order valence-corrected chi connectivity index (χ2v) is 11.2. The molecule has 2 aliphatic rings. The topological polar surface area (TPSA) is 86.2 Å². The van der Waals surface area contributed by atoms with Gasteiger partial charge in [0.2, 0.25) is 0 Å². The Bertz CT molecular complexity index is 1460. The summed E-state index contributed by atoms with van der Waals surface area (Å²) >= 11 is 0. The zero-order valence-electron chi connectivity index (χ0n) is 20.2. The minimum Gasteiger partial charge on any atom is -0.376 e. The van der Waals surface area contributed by atoms with Gasteiger partial charge in [0.05, 0.1) is 11.4 Å². The molecule has 0 saturated heterocycles. The van der Waals surface area contributed by atoms with Crippen LogP contribution in [0.3, 0.4) is 0 Å². The standard InChI is InChI=1S/C27H25F3N2O4S/c1-16-22-13-12-21-24(18-8-10-20(11-9-18)36-37(34,35)27(28,29)30)31-17(2)32-25(21)26(22,15-14-23(16)33)19-6-4-3-5-7-19/h3-11,16,22H,12-15H2,1-2H3/t16-,22-,26+/m0/s1. The number of Topliss-reactive ketones (excluding diaryl/α,β-unsaturated/α-hetero) is 1. The second-order valence-electron chi connectivity index (χ2n) is 9.69. The van der Waals surface area contributed by atoms with Gasteiger partial charge in [-0.15, -0.1) is 0 Å². The molecule has 0 unspecified atom stereocenters. The largest absolute Gasteiger partial charge is 0.534 e. The quantitative estimate of drug-likeness (QED) is 0.326. The molecule has 0 N–H and O–H groups in total. The van der Waals surface area contributed by atoms with Crippen molar-refractivity contribution in [1.29, 1.82) is 0 Å². The highest BCUT2D eigenvalue weighted by Gasteiger charge is 2.53. The SMILES string of the molecule is Cc1nc(-c2ccc(OS(=O)(=O)C(F)(F)F)cc2)c2c(n1)[C@@]1(c3ccccc3)CCC(=O)[C@@H](C)[C@@H]1CC2. The van der Waals surface area contributed by atoms with E-state index in [2.05, 4.69) is 21.3 Å². The van der Waals surface area contributed by atoms with Crippen molar-refractivity contribution in [2.24, 2.45) is 11.8 Å². The zero-order valence-corrected chi connectivity index (χ0v) is 21.1. The van der Waals surface area contributed by atoms with Gasteiger partial charge in [0.25, 0.3) is 0 Å². The van der Waals surface area contributed by atoms with Crippen molar-refractivity contribution >= 4 is 15.9 Å². The van der Waals surface area contributed by atoms with E-state index in [0.29, 0.717) is 36.3 Å². The lowest BCUT2D eigenvalue weighted by Crippen LogP contribution is -2.50. The number of carbonyl (C=O) groups is 1. The highest BCUT2D eigenvalue weighted by molar-refractivity contribution is 7.88. The Kier molecular flexibility index (Phi) is 6.13. The summed E-state index contributed by atoms with van der Waals surface area (Å²) in [5, 5.41) is 0. The predicted molar refractivity (Wildman–Crippen MR) is 130 cm³/mol. The van der Waals surface area contributed by atoms with Crippen molar-refractivity contribution in [2.45, 2.75) is 50.5 Å². The lowest BCUT2D eigenvalue weighted by Gasteiger charge is -2.50. The fourth-order valence-electron chi connectivity index (χ4n) is 5.99. The second kappa shape index (κ2) is 8.93. The van der Waals surface area contributed by atoms with Crippen LogP contribution in [0.1, 0.15) is 48.8 Å². The van der Waals surface area contributed by atoms with Crippen LogP contribution < -0.4 is 4.18 Å². The minimum absolute atomic E-state index is 0.0779. The molecule has 1 aromatic heterocycles. The summed E-state index contributed by atoms with van der Waals surface area (Å²) in [4.78, 5) is 22.3. The Morgan fingerprint density at radius 2 is 1.68 bits per heavy atom. The van der Waals surface area contributed by atoms with Crippen LogP contribution in [-0.2, 0) is 26.7 Å². The van der Waals surface area contributed by atoms with Gasteiger partial charge in [-0.05, 0) is 61.9 Å². The maximum atomic E-state index is 12.7. The lowest BCUT2D eigenvalue weighted by molar-refractivity contribution is -0.128. The third-order valence-electron chi connectivity index (χ3n) is 7.66. The van der Waals surface area contributed by atoms with E-state index in [9.17, 15) is 26.4 Å². The van der Waals surface area contributed by atoms with E-state index >= 15 is 0 Å². The number of aromatic nitrogens is 2. The molecule has 194 valence electrons. The van der Waals surface area contributed by atoms with E-state index in [-0.39, 0.29) is 17.6 Å². The first-order chi connectivity index (χ1) is 17.4. The molecule has 2 aliphatic carbocycles. The first-order valence-electron chi connectivity index (χ1n) is 12.0. The number of alkyl halides is 3. The molecule has 6 nitrogen and oxygen atoms in total. The van der Waals surface area contributed by atoms with Gasteiger partial charge in [-0.25, -0.2) is 9.97 Å². The summed E-state index contributed by atoms with van der Waals surface area (Å²) in [6, 6.07) is 15.4. The van der Waals surface area contributed by atoms with Crippen molar-refractivity contribution in [3.05, 3.63) is 77.2 Å². The summed E-state index contributed by atoms with van der Waals surface area (Å²) in [5.74, 6) is 0.313. The molecule has 0 bridgehead atoms. The Morgan fingerprint density at radius 3 is 2.32 bits per heavy atom. The van der Waals surface area contributed by atoms with Gasteiger partial charge in [-0.3, -0.25) is 4.79 Å². The van der Waals surface area contributed by atoms with Crippen molar-refractivity contribution in [2.75, 3.05) is 0 Å². The summed E-state index contributed by atoms with van der Waals surface area (Å²) in [6.07, 6.45) is 2.49. The van der Waals surface area contributed by atoms with Crippen LogP contribution in [0.25, 0.3) is 11.3 Å². The number of rotatable bonds is 4. The number of carbonyl (C=O) groups excluding carboxylic acids is 1. The molecule has 5 rings (SSSR count). The van der Waals surface area contributed by atoms with E-state index in [1.807, 2.05) is 25.1 Å². The highest BCUT2D eigenvalue weighted by atomic mass is 32.2. The third kappa shape index (κ3) is 4.21. The van der Waals surface area contributed by atoms with Crippen LogP contribution in [-0.4, -0.2) is 29.7 Å². The number of benzene rings is 2. The number of fused-ring (bicyclic) bond motifs is 3. The Morgan fingerprint density at radius 1 is 1.00 bits per heavy atom. The van der Waals surface area contributed by atoms with Crippen LogP contribution in [0.5, 0.6) is 5.75 Å². The monoisotopic (exact) mass is 530 g/mol. The summed E-state index contributed by atoms with van der Waals surface area (Å²) in [5.41, 5.74) is -1.80. The molecule has 1 saturated carbocycles. The van der Waals surface area contributed by atoms with Crippen molar-refractivity contribution in [3.8, 4) is 17.0 Å². The fraction of sp³-hybridized carbons (Fsp3) is 0.370. The Hall–Kier alpha value is -3.27. The van der Waals surface area contributed by atoms with Gasteiger partial charge < -0.3 is 4.18 Å². The van der Waals surface area contributed by atoms with E-state index in [1.165, 1.54) is 24.3 Å². The molecule has 0 radical (unpaired) electrons. The molecule has 3 atom stereocenters. The van der Waals surface area contributed by atoms with Crippen molar-refractivity contribution < 1.29 is 30.6 Å². The van der Waals surface area contributed by atoms with Crippen LogP contribution in [0.15, 0.2) is 54.6 Å². The van der Waals surface area contributed by atoms with Crippen LogP contribution in [0.4, 0.5) is 13.2 Å². The van der Waals surface area contributed by atoms with Gasteiger partial charge in [0.1, 0.15) is 17.4 Å². The van der Waals surface area contributed by atoms with E-state index in [4.69, 9.17) is 4.98 Å². The number of hydrogen-bond donors (Lipinski definition) is 0. The van der Waals surface area contributed by atoms with Gasteiger partial charge in [-0.2, -0.15) is 21.6 Å². The van der Waals surface area contributed by atoms with Crippen LogP contribution in [0, 0.1) is 18.8 Å². The molecule has 3 aromatic rings. The lowest BCUT2D eigenvalue weighted by atomic mass is 9.52. The number of ketones is 1. The fourth-order valence-corrected chi connectivity index (χ4v) is 6.45. The molecule has 0 spiro atoms. The summed E-state index contributed by atoms with van der Waals surface area (Å²) < 4.78 is 65.1. The molecule has 0 aliphatic heterocycles. The van der Waals surface area contributed by atoms with Crippen LogP contribution >= 0.6 is 0 Å². The first kappa shape index (κ1) is 25.4. The van der Waals surface area contributed by atoms with E-state index < -0.39 is 26.8 Å². The maximum Gasteiger partial charge on any atom is 0.534 e. The molecule has 1 fully saturated rings. The van der Waals surface area contributed by atoms with Crippen molar-refractivity contribution in [3.63, 3.8) is 0 Å². The number of nitrogens with zero attached hydrogens (tertiary/aromatic N) is 2. The van der Waals surface area contributed by atoms with Gasteiger partial charge in [0, 0.05) is 28.9 Å². The molecular formula is C27H25F3N2O4S. The number of aryl methyl sites for hydroxylation is 1. The molecule has 0 amide bonds. The third-order valence-corrected chi connectivity index (χ3v) is 8.64. The molecule has 37 heavy (non-hydrogen) atoms. The molecule has 2 aromatic carbocycles. The Balaban J connectivity index is 1.62. The Labute approximate surface area is 213 Å². The summed E-state index contributed by atoms with van der Waals surface area (Å²) in [7, 11) is -5.76. The first-order valence-corrected chi connectivity index (χ1v) is 13.4. The molecule has 10 heteroatoms. The van der Waals surface area contributed by atoms with Gasteiger partial charge in [0.15, 0.2) is 0 Å². The maximum absolute atomic E-state index is 12.7. The van der Waals surface area contributed by atoms with Crippen LogP contribution in [0.2, 0.25) is 0 Å². The average Bonchev–Trinajstić information content (AvgIpc) is 2.86. The van der Waals surface area contributed by atoms with Crippen molar-refractivity contribution in [1.82, 2.24) is 9.97 Å². The minimum atomic E-state index is -5.76. The number of halogens is 3. The number of hydrogen-bond acceptors (Lipinski definition) is 6. The summed E-state index contributed by atoms with van der Waals surface area (Å²) in [6.45, 7) is 3.79. The average molecular weight is 531 g/mol. The zero-order chi connectivity index (χ0) is 26.6. The smallest absolute Gasteiger partial charge is 0.376 e. The molecule has 1 heterocycles. The normalized spacial score (nSPS) is 23.8. The van der Waals surface area contributed by atoms with E-state index in [0.717, 1.165) is 23.2 Å². The van der Waals surface area contributed by atoms with Gasteiger partial charge >= 0.3 is 15.6 Å². The highest BCUT2D eigenvalue weighted by Crippen LogP contribution is 2.55. The van der Waals surface area contributed by atoms with E-state index in [1.54, 1.807) is 6.92 Å². The predicted octanol–water partition coefficient (Wildman–Crippen LogP) is 5.53. The van der Waals surface area contributed by atoms with Gasteiger partial charge in [-0.1, -0.05) is 37.3 Å². The molecular weight excluding hydrogens is 505 g/mol.